The van der Waals surface area contributed by atoms with Gasteiger partial charge in [-0.15, -0.1) is 0 Å². The molecule has 7 atom stereocenters. The van der Waals surface area contributed by atoms with Crippen LogP contribution < -0.4 is 21.7 Å². The third-order valence-electron chi connectivity index (χ3n) is 9.26. The molecule has 0 radical (unpaired) electrons. The molecular weight excluding hydrogens is 469 g/mol. The van der Waals surface area contributed by atoms with Crippen molar-refractivity contribution < 1.29 is 18.9 Å². The summed E-state index contributed by atoms with van der Waals surface area (Å²) in [6, 6.07) is -0.649. The molecule has 9 nitrogen and oxygen atoms in total. The van der Waals surface area contributed by atoms with E-state index >= 15 is 0 Å². The Bertz CT molecular complexity index is 853. The average Bonchev–Trinajstić information content (AvgIpc) is 3.21. The maximum absolute atomic E-state index is 13.6. The number of hydrogen-bond donors (Lipinski definition) is 4. The predicted molar refractivity (Wildman–Crippen MR) is 148 cm³/mol. The topological polar surface area (TPSA) is 127 Å². The zero-order valence-electron chi connectivity index (χ0n) is 24.2. The van der Waals surface area contributed by atoms with Crippen LogP contribution in [0, 0.1) is 29.1 Å². The van der Waals surface area contributed by atoms with Crippen LogP contribution in [-0.2, 0) is 18.9 Å². The van der Waals surface area contributed by atoms with Crippen LogP contribution in [0.5, 0.6) is 0 Å². The molecular formula is C27H50BN5O4. The molecule has 0 aromatic carbocycles. The van der Waals surface area contributed by atoms with Crippen LogP contribution in [0.25, 0.3) is 0 Å². The third-order valence-corrected chi connectivity index (χ3v) is 9.26. The fraction of sp³-hybridized carbons (Fsp3) is 0.889. The Labute approximate surface area is 224 Å². The van der Waals surface area contributed by atoms with Gasteiger partial charge in [-0.2, -0.15) is 0 Å². The van der Waals surface area contributed by atoms with E-state index in [0.717, 1.165) is 12.8 Å². The summed E-state index contributed by atoms with van der Waals surface area (Å²) in [7, 11) is 1.12. The Kier molecular flexibility index (Phi) is 9.59. The Morgan fingerprint density at radius 3 is 2.43 bits per heavy atom. The number of nitrogens with one attached hydrogen (secondary N) is 3. The van der Waals surface area contributed by atoms with Crippen LogP contribution >= 0.6 is 0 Å². The van der Waals surface area contributed by atoms with Gasteiger partial charge in [-0.1, -0.05) is 41.5 Å². The summed E-state index contributed by atoms with van der Waals surface area (Å²) in [6.07, 6.45) is 4.82. The van der Waals surface area contributed by atoms with E-state index in [9.17, 15) is 9.59 Å². The summed E-state index contributed by atoms with van der Waals surface area (Å²) in [4.78, 5) is 30.2. The van der Waals surface area contributed by atoms with Crippen molar-refractivity contribution in [2.45, 2.75) is 111 Å². The normalized spacial score (nSPS) is 30.7. The van der Waals surface area contributed by atoms with Gasteiger partial charge in [0.15, 0.2) is 5.96 Å². The number of aliphatic imine (C=N–C) groups is 1. The number of carbonyl (C=O) groups is 2. The third kappa shape index (κ3) is 6.44. The second-order valence-corrected chi connectivity index (χ2v) is 12.6. The first kappa shape index (κ1) is 29.7. The highest BCUT2D eigenvalue weighted by Crippen LogP contribution is 2.65. The molecule has 10 heteroatoms. The first-order valence-electron chi connectivity index (χ1n) is 14.2. The number of nitrogens with zero attached hydrogens (tertiary/aromatic N) is 1. The number of amides is 2. The van der Waals surface area contributed by atoms with Crippen LogP contribution in [0.4, 0.5) is 0 Å². The second kappa shape index (κ2) is 11.9. The maximum Gasteiger partial charge on any atom is 0.481 e. The summed E-state index contributed by atoms with van der Waals surface area (Å²) in [5.41, 5.74) is 5.64. The molecule has 210 valence electrons. The fourth-order valence-corrected chi connectivity index (χ4v) is 6.47. The highest BCUT2D eigenvalue weighted by atomic mass is 16.7. The van der Waals surface area contributed by atoms with E-state index in [0.29, 0.717) is 49.5 Å². The number of carbonyl (C=O) groups excluding carboxylic acids is 2. The second-order valence-electron chi connectivity index (χ2n) is 12.6. The Hall–Kier alpha value is -1.81. The molecule has 3 saturated carbocycles. The zero-order chi connectivity index (χ0) is 27.5. The molecule has 4 fully saturated rings. The summed E-state index contributed by atoms with van der Waals surface area (Å²) >= 11 is 0. The molecule has 0 aromatic rings. The van der Waals surface area contributed by atoms with Crippen LogP contribution in [0.1, 0.15) is 87.0 Å². The van der Waals surface area contributed by atoms with Gasteiger partial charge < -0.3 is 31.0 Å². The summed E-state index contributed by atoms with van der Waals surface area (Å²) in [5, 5.41) is 9.21. The first-order valence-corrected chi connectivity index (χ1v) is 14.2. The molecule has 0 spiro atoms. The van der Waals surface area contributed by atoms with Gasteiger partial charge in [0.1, 0.15) is 6.04 Å². The minimum Gasteiger partial charge on any atom is -0.404 e. The first-order chi connectivity index (χ1) is 17.3. The van der Waals surface area contributed by atoms with E-state index in [2.05, 4.69) is 55.6 Å². The Morgan fingerprint density at radius 1 is 1.14 bits per heavy atom. The van der Waals surface area contributed by atoms with Crippen LogP contribution in [-0.4, -0.2) is 62.2 Å². The van der Waals surface area contributed by atoms with Crippen molar-refractivity contribution in [2.75, 3.05) is 13.6 Å². The average molecular weight is 520 g/mol. The van der Waals surface area contributed by atoms with Crippen molar-refractivity contribution >= 4 is 24.9 Å². The van der Waals surface area contributed by atoms with E-state index in [1.165, 1.54) is 6.42 Å². The van der Waals surface area contributed by atoms with Gasteiger partial charge >= 0.3 is 7.12 Å². The smallest absolute Gasteiger partial charge is 0.404 e. The van der Waals surface area contributed by atoms with Crippen molar-refractivity contribution in [3.8, 4) is 0 Å². The summed E-state index contributed by atoms with van der Waals surface area (Å²) in [5.74, 6) is 1.05. The molecule has 0 unspecified atom stereocenters. The highest BCUT2D eigenvalue weighted by molar-refractivity contribution is 6.48. The minimum atomic E-state index is -0.649. The molecule has 3 aliphatic carbocycles. The molecule has 2 amide bonds. The lowest BCUT2D eigenvalue weighted by Gasteiger charge is -2.64. The summed E-state index contributed by atoms with van der Waals surface area (Å²) in [6.45, 7) is 15.6. The number of hydrogen-bond acceptors (Lipinski definition) is 5. The largest absolute Gasteiger partial charge is 0.481 e. The quantitative estimate of drug-likeness (QED) is 0.136. The van der Waals surface area contributed by atoms with Gasteiger partial charge in [-0.3, -0.25) is 14.6 Å². The molecule has 0 aromatic heterocycles. The Morgan fingerprint density at radius 2 is 1.84 bits per heavy atom. The van der Waals surface area contributed by atoms with Crippen molar-refractivity contribution in [1.29, 1.82) is 0 Å². The van der Waals surface area contributed by atoms with Crippen molar-refractivity contribution in [2.24, 2.45) is 39.8 Å². The van der Waals surface area contributed by atoms with Gasteiger partial charge in [0, 0.05) is 19.5 Å². The zero-order valence-corrected chi connectivity index (χ0v) is 24.2. The number of guanidine groups is 1. The van der Waals surface area contributed by atoms with Gasteiger partial charge in [-0.25, -0.2) is 0 Å². The van der Waals surface area contributed by atoms with Gasteiger partial charge in [0.2, 0.25) is 11.8 Å². The molecule has 37 heavy (non-hydrogen) atoms. The molecule has 1 saturated heterocycles. The maximum atomic E-state index is 13.6. The fourth-order valence-electron chi connectivity index (χ4n) is 6.47. The molecule has 4 rings (SSSR count). The van der Waals surface area contributed by atoms with Crippen LogP contribution in [0.3, 0.4) is 0 Å². The lowest BCUT2D eigenvalue weighted by molar-refractivity contribution is -0.199. The molecule has 2 bridgehead atoms. The SMILES string of the molecule is CC[C@H](C)C(=O)N[C@@H](CCCNC(N)=NC)C(=O)N[C@@H](CC(C)C)B1O[C@@H]2C[C@@H]3C[C@@H](C3(C)C)[C@]2(C)O1. The predicted octanol–water partition coefficient (Wildman–Crippen LogP) is 2.63. The Balaban J connectivity index is 1.70. The van der Waals surface area contributed by atoms with E-state index in [-0.39, 0.29) is 40.8 Å². The van der Waals surface area contributed by atoms with Crippen molar-refractivity contribution in [3.63, 3.8) is 0 Å². The minimum absolute atomic E-state index is 0.0542. The van der Waals surface area contributed by atoms with Crippen LogP contribution in [0.15, 0.2) is 4.99 Å². The van der Waals surface area contributed by atoms with Gasteiger partial charge in [0.25, 0.3) is 0 Å². The standard InChI is InChI=1S/C27H50BN5O4/c1-9-17(4)23(34)32-19(11-10-12-31-25(29)30-8)24(35)33-22(13-16(2)3)28-36-21-15-18-14-20(26(18,5)6)27(21,7)37-28/h16-22H,9-15H2,1-8H3,(H,32,34)(H,33,35)(H3,29,30,31)/t17-,18-,19-,20-,21+,22-,27-/m0/s1. The van der Waals surface area contributed by atoms with Gasteiger partial charge in [0.05, 0.1) is 17.6 Å². The molecule has 5 N–H and O–H groups in total. The monoisotopic (exact) mass is 519 g/mol. The highest BCUT2D eigenvalue weighted by Gasteiger charge is 2.68. The number of rotatable bonds is 12. The van der Waals surface area contributed by atoms with E-state index in [1.54, 1.807) is 7.05 Å². The van der Waals surface area contributed by atoms with Gasteiger partial charge in [-0.05, 0) is 68.6 Å². The van der Waals surface area contributed by atoms with Crippen molar-refractivity contribution in [1.82, 2.24) is 16.0 Å². The van der Waals surface area contributed by atoms with E-state index in [4.69, 9.17) is 15.0 Å². The lowest BCUT2D eigenvalue weighted by atomic mass is 9.43. The summed E-state index contributed by atoms with van der Waals surface area (Å²) < 4.78 is 13.2. The number of nitrogens with two attached hydrogens (primary N) is 1. The van der Waals surface area contributed by atoms with E-state index < -0.39 is 13.2 Å². The van der Waals surface area contributed by atoms with Crippen LogP contribution in [0.2, 0.25) is 0 Å². The molecule has 4 aliphatic rings. The molecule has 1 heterocycles. The van der Waals surface area contributed by atoms with Crippen molar-refractivity contribution in [3.05, 3.63) is 0 Å². The molecule has 1 aliphatic heterocycles. The van der Waals surface area contributed by atoms with E-state index in [1.807, 2.05) is 13.8 Å². The lowest BCUT2D eigenvalue weighted by Crippen LogP contribution is -2.65.